The SMILES string of the molecule is CC(C)N(C(C)C)C1CCN(C(=O)OC(C)(C)C)CC1. The molecule has 118 valence electrons. The third-order valence-electron chi connectivity index (χ3n) is 3.73. The van der Waals surface area contributed by atoms with Crippen molar-refractivity contribution in [3.05, 3.63) is 0 Å². The summed E-state index contributed by atoms with van der Waals surface area (Å²) in [6, 6.07) is 1.68. The van der Waals surface area contributed by atoms with Crippen molar-refractivity contribution in [1.29, 1.82) is 0 Å². The molecule has 1 fully saturated rings. The fourth-order valence-corrected chi connectivity index (χ4v) is 3.11. The lowest BCUT2D eigenvalue weighted by Crippen LogP contribution is -2.51. The normalized spacial score (nSPS) is 18.2. The Hall–Kier alpha value is -0.770. The van der Waals surface area contributed by atoms with Gasteiger partial charge in [-0.25, -0.2) is 4.79 Å². The summed E-state index contributed by atoms with van der Waals surface area (Å²) >= 11 is 0. The molecule has 0 saturated carbocycles. The maximum Gasteiger partial charge on any atom is 0.410 e. The number of hydrogen-bond donors (Lipinski definition) is 0. The van der Waals surface area contributed by atoms with Gasteiger partial charge in [-0.3, -0.25) is 4.90 Å². The largest absolute Gasteiger partial charge is 0.444 e. The van der Waals surface area contributed by atoms with Crippen LogP contribution in [-0.4, -0.2) is 52.7 Å². The second kappa shape index (κ2) is 6.79. The van der Waals surface area contributed by atoms with E-state index >= 15 is 0 Å². The Bertz CT molecular complexity index is 305. The Labute approximate surface area is 124 Å². The van der Waals surface area contributed by atoms with Crippen molar-refractivity contribution in [3.8, 4) is 0 Å². The van der Waals surface area contributed by atoms with Crippen molar-refractivity contribution in [1.82, 2.24) is 9.80 Å². The highest BCUT2D eigenvalue weighted by Crippen LogP contribution is 2.22. The van der Waals surface area contributed by atoms with Gasteiger partial charge >= 0.3 is 6.09 Å². The van der Waals surface area contributed by atoms with E-state index in [2.05, 4.69) is 32.6 Å². The van der Waals surface area contributed by atoms with Crippen LogP contribution in [0.25, 0.3) is 0 Å². The van der Waals surface area contributed by atoms with Gasteiger partial charge in [0.05, 0.1) is 0 Å². The van der Waals surface area contributed by atoms with Crippen LogP contribution in [0.4, 0.5) is 4.79 Å². The zero-order valence-electron chi connectivity index (χ0n) is 14.3. The second-order valence-electron chi connectivity index (χ2n) is 7.33. The number of carbonyl (C=O) groups excluding carboxylic acids is 1. The second-order valence-corrected chi connectivity index (χ2v) is 7.33. The van der Waals surface area contributed by atoms with Crippen LogP contribution in [-0.2, 0) is 4.74 Å². The van der Waals surface area contributed by atoms with E-state index in [0.29, 0.717) is 18.1 Å². The molecule has 0 radical (unpaired) electrons. The molecule has 0 aromatic heterocycles. The quantitative estimate of drug-likeness (QED) is 0.795. The van der Waals surface area contributed by atoms with Crippen LogP contribution in [0.3, 0.4) is 0 Å². The molecule has 0 aromatic carbocycles. The number of amides is 1. The molecule has 1 aliphatic rings. The number of nitrogens with zero attached hydrogens (tertiary/aromatic N) is 2. The maximum absolute atomic E-state index is 12.0. The minimum atomic E-state index is -0.407. The topological polar surface area (TPSA) is 32.8 Å². The van der Waals surface area contributed by atoms with Gasteiger partial charge in [0.1, 0.15) is 5.60 Å². The molecule has 1 aliphatic heterocycles. The lowest BCUT2D eigenvalue weighted by atomic mass is 10.00. The van der Waals surface area contributed by atoms with Gasteiger partial charge in [-0.1, -0.05) is 0 Å². The van der Waals surface area contributed by atoms with Crippen LogP contribution in [0, 0.1) is 0 Å². The molecular formula is C16H32N2O2. The molecule has 1 rings (SSSR count). The van der Waals surface area contributed by atoms with Gasteiger partial charge in [0, 0.05) is 31.2 Å². The summed E-state index contributed by atoms with van der Waals surface area (Å²) in [5.41, 5.74) is -0.407. The van der Waals surface area contributed by atoms with Crippen molar-refractivity contribution in [3.63, 3.8) is 0 Å². The van der Waals surface area contributed by atoms with Crippen molar-refractivity contribution < 1.29 is 9.53 Å². The Balaban J connectivity index is 2.53. The molecule has 1 heterocycles. The highest BCUT2D eigenvalue weighted by molar-refractivity contribution is 5.68. The lowest BCUT2D eigenvalue weighted by Gasteiger charge is -2.42. The van der Waals surface area contributed by atoms with E-state index in [1.54, 1.807) is 0 Å². The average Bonchev–Trinajstić information content (AvgIpc) is 2.26. The highest BCUT2D eigenvalue weighted by atomic mass is 16.6. The predicted octanol–water partition coefficient (Wildman–Crippen LogP) is 3.50. The van der Waals surface area contributed by atoms with E-state index < -0.39 is 5.60 Å². The third kappa shape index (κ3) is 4.97. The van der Waals surface area contributed by atoms with E-state index in [1.807, 2.05) is 25.7 Å². The van der Waals surface area contributed by atoms with Crippen molar-refractivity contribution in [2.24, 2.45) is 0 Å². The van der Waals surface area contributed by atoms with Crippen LogP contribution in [0.2, 0.25) is 0 Å². The number of ether oxygens (including phenoxy) is 1. The summed E-state index contributed by atoms with van der Waals surface area (Å²) in [6.07, 6.45) is 1.90. The molecule has 0 N–H and O–H groups in total. The number of hydrogen-bond acceptors (Lipinski definition) is 3. The van der Waals surface area contributed by atoms with Crippen LogP contribution in [0.5, 0.6) is 0 Å². The minimum absolute atomic E-state index is 0.170. The summed E-state index contributed by atoms with van der Waals surface area (Å²) in [7, 11) is 0. The summed E-state index contributed by atoms with van der Waals surface area (Å²) in [5, 5.41) is 0. The van der Waals surface area contributed by atoms with Crippen LogP contribution < -0.4 is 0 Å². The number of rotatable bonds is 3. The molecule has 0 aliphatic carbocycles. The molecule has 0 bridgehead atoms. The van der Waals surface area contributed by atoms with Gasteiger partial charge in [-0.15, -0.1) is 0 Å². The number of piperidine rings is 1. The molecule has 20 heavy (non-hydrogen) atoms. The zero-order valence-corrected chi connectivity index (χ0v) is 14.3. The third-order valence-corrected chi connectivity index (χ3v) is 3.73. The van der Waals surface area contributed by atoms with E-state index in [-0.39, 0.29) is 6.09 Å². The first-order valence-electron chi connectivity index (χ1n) is 7.87. The Morgan fingerprint density at radius 3 is 1.90 bits per heavy atom. The smallest absolute Gasteiger partial charge is 0.410 e. The summed E-state index contributed by atoms with van der Waals surface area (Å²) in [5.74, 6) is 0. The monoisotopic (exact) mass is 284 g/mol. The number of likely N-dealkylation sites (tertiary alicyclic amines) is 1. The van der Waals surface area contributed by atoms with Crippen LogP contribution in [0.15, 0.2) is 0 Å². The Morgan fingerprint density at radius 1 is 1.10 bits per heavy atom. The van der Waals surface area contributed by atoms with Crippen LogP contribution in [0.1, 0.15) is 61.3 Å². The van der Waals surface area contributed by atoms with Gasteiger partial charge in [0.25, 0.3) is 0 Å². The van der Waals surface area contributed by atoms with Gasteiger partial charge in [0.2, 0.25) is 0 Å². The van der Waals surface area contributed by atoms with E-state index in [0.717, 1.165) is 25.9 Å². The lowest BCUT2D eigenvalue weighted by molar-refractivity contribution is 0.00863. The fraction of sp³-hybridized carbons (Fsp3) is 0.938. The standard InChI is InChI=1S/C16H32N2O2/c1-12(2)18(13(3)4)14-8-10-17(11-9-14)15(19)20-16(5,6)7/h12-14H,8-11H2,1-7H3. The molecule has 4 nitrogen and oxygen atoms in total. The first-order chi connectivity index (χ1) is 9.11. The zero-order chi connectivity index (χ0) is 15.5. The predicted molar refractivity (Wildman–Crippen MR) is 82.9 cm³/mol. The molecule has 0 spiro atoms. The number of carbonyl (C=O) groups is 1. The first kappa shape index (κ1) is 17.3. The van der Waals surface area contributed by atoms with Gasteiger partial charge in [-0.2, -0.15) is 0 Å². The van der Waals surface area contributed by atoms with Crippen molar-refractivity contribution >= 4 is 6.09 Å². The van der Waals surface area contributed by atoms with Gasteiger partial charge in [0.15, 0.2) is 0 Å². The van der Waals surface area contributed by atoms with Gasteiger partial charge in [-0.05, 0) is 61.3 Å². The first-order valence-corrected chi connectivity index (χ1v) is 7.87. The average molecular weight is 284 g/mol. The molecular weight excluding hydrogens is 252 g/mol. The molecule has 0 atom stereocenters. The van der Waals surface area contributed by atoms with E-state index in [4.69, 9.17) is 4.74 Å². The highest BCUT2D eigenvalue weighted by Gasteiger charge is 2.31. The summed E-state index contributed by atoms with van der Waals surface area (Å²) < 4.78 is 5.44. The summed E-state index contributed by atoms with van der Waals surface area (Å²) in [4.78, 5) is 16.5. The van der Waals surface area contributed by atoms with E-state index in [1.165, 1.54) is 0 Å². The molecule has 1 saturated heterocycles. The van der Waals surface area contributed by atoms with Crippen LogP contribution >= 0.6 is 0 Å². The maximum atomic E-state index is 12.0. The summed E-state index contributed by atoms with van der Waals surface area (Å²) in [6.45, 7) is 16.3. The van der Waals surface area contributed by atoms with E-state index in [9.17, 15) is 4.79 Å². The molecule has 0 aromatic rings. The van der Waals surface area contributed by atoms with Gasteiger partial charge < -0.3 is 9.64 Å². The fourth-order valence-electron chi connectivity index (χ4n) is 3.11. The Morgan fingerprint density at radius 2 is 1.55 bits per heavy atom. The molecule has 0 unspecified atom stereocenters. The molecule has 4 heteroatoms. The Kier molecular flexibility index (Phi) is 5.87. The van der Waals surface area contributed by atoms with Crippen molar-refractivity contribution in [2.45, 2.75) is 85.0 Å². The minimum Gasteiger partial charge on any atom is -0.444 e. The van der Waals surface area contributed by atoms with Crippen molar-refractivity contribution in [2.75, 3.05) is 13.1 Å². The molecule has 1 amide bonds.